The largest absolute Gasteiger partial charge is 0.480 e. The molecule has 1 fully saturated rings. The van der Waals surface area contributed by atoms with E-state index >= 15 is 0 Å². The third kappa shape index (κ3) is 3.17. The van der Waals surface area contributed by atoms with Crippen LogP contribution in [0, 0.1) is 0 Å². The zero-order chi connectivity index (χ0) is 20.2. The topological polar surface area (TPSA) is 21.3 Å². The molecule has 0 bridgehead atoms. The molecule has 2 aromatic carbocycles. The first-order chi connectivity index (χ1) is 13.1. The van der Waals surface area contributed by atoms with Crippen LogP contribution in [0.5, 0.6) is 0 Å². The van der Waals surface area contributed by atoms with Gasteiger partial charge >= 0.3 is 6.18 Å². The molecule has 0 amide bonds. The lowest BCUT2D eigenvalue weighted by molar-refractivity contribution is -0.260. The smallest absolute Gasteiger partial charge is 0.432 e. The molecule has 4 rings (SSSR count). The van der Waals surface area contributed by atoms with E-state index in [-0.39, 0.29) is 28.7 Å². The lowest BCUT2D eigenvalue weighted by Gasteiger charge is -2.35. The maximum absolute atomic E-state index is 14.4. The van der Waals surface area contributed by atoms with E-state index in [4.69, 9.17) is 27.9 Å². The number of nitrogens with one attached hydrogen (secondary N) is 1. The van der Waals surface area contributed by atoms with E-state index in [9.17, 15) is 17.6 Å². The van der Waals surface area contributed by atoms with Gasteiger partial charge in [-0.3, -0.25) is 0 Å². The summed E-state index contributed by atoms with van der Waals surface area (Å²) < 4.78 is 61.7. The van der Waals surface area contributed by atoms with E-state index in [2.05, 4.69) is 5.32 Å². The molecule has 1 N–H and O–H groups in total. The Morgan fingerprint density at radius 3 is 2.04 bits per heavy atom. The van der Waals surface area contributed by atoms with Crippen molar-refractivity contribution in [3.8, 4) is 0 Å². The van der Waals surface area contributed by atoms with Gasteiger partial charge in [-0.1, -0.05) is 47.5 Å². The van der Waals surface area contributed by atoms with Gasteiger partial charge < -0.3 is 10.1 Å². The van der Waals surface area contributed by atoms with E-state index in [0.29, 0.717) is 16.7 Å². The highest BCUT2D eigenvalue weighted by Gasteiger charge is 2.60. The third-order valence-electron chi connectivity index (χ3n) is 5.21. The first kappa shape index (κ1) is 19.6. The maximum Gasteiger partial charge on any atom is 0.432 e. The highest BCUT2D eigenvalue weighted by Crippen LogP contribution is 2.52. The molecular formula is C20H15Cl2F4NO. The van der Waals surface area contributed by atoms with Crippen molar-refractivity contribution < 1.29 is 22.3 Å². The van der Waals surface area contributed by atoms with Crippen LogP contribution in [-0.2, 0) is 16.0 Å². The second-order valence-corrected chi connectivity index (χ2v) is 7.94. The van der Waals surface area contributed by atoms with E-state index in [1.54, 1.807) is 24.3 Å². The van der Waals surface area contributed by atoms with Crippen LogP contribution >= 0.6 is 23.2 Å². The molecule has 1 atom stereocenters. The zero-order valence-corrected chi connectivity index (χ0v) is 15.9. The molecule has 2 aliphatic heterocycles. The molecule has 0 aliphatic carbocycles. The molecule has 0 spiro atoms. The molecular weight excluding hydrogens is 417 g/mol. The molecule has 2 heterocycles. The second kappa shape index (κ2) is 6.65. The third-order valence-corrected chi connectivity index (χ3v) is 5.65. The number of ether oxygens (including phenoxy) is 1. The zero-order valence-electron chi connectivity index (χ0n) is 14.4. The Balaban J connectivity index is 1.65. The minimum Gasteiger partial charge on any atom is -0.480 e. The van der Waals surface area contributed by atoms with Crippen molar-refractivity contribution in [3.63, 3.8) is 0 Å². The monoisotopic (exact) mass is 431 g/mol. The summed E-state index contributed by atoms with van der Waals surface area (Å²) >= 11 is 11.8. The van der Waals surface area contributed by atoms with Crippen LogP contribution in [-0.4, -0.2) is 19.3 Å². The fourth-order valence-electron chi connectivity index (χ4n) is 3.51. The predicted molar refractivity (Wildman–Crippen MR) is 100.0 cm³/mol. The van der Waals surface area contributed by atoms with Crippen LogP contribution in [0.25, 0.3) is 5.57 Å². The van der Waals surface area contributed by atoms with Gasteiger partial charge in [0.05, 0.1) is 6.26 Å². The molecule has 2 nitrogen and oxygen atoms in total. The van der Waals surface area contributed by atoms with Gasteiger partial charge in [-0.2, -0.15) is 13.2 Å². The summed E-state index contributed by atoms with van der Waals surface area (Å²) in [5.41, 5.74) is -2.76. The van der Waals surface area contributed by atoms with Gasteiger partial charge in [0.25, 0.3) is 0 Å². The fourth-order valence-corrected chi connectivity index (χ4v) is 4.04. The Morgan fingerprint density at radius 1 is 0.929 bits per heavy atom. The summed E-state index contributed by atoms with van der Waals surface area (Å²) in [5.74, 6) is 0. The number of alkyl halides is 4. The number of benzene rings is 2. The molecule has 2 aliphatic rings. The molecule has 148 valence electrons. The summed E-state index contributed by atoms with van der Waals surface area (Å²) in [4.78, 5) is 0. The van der Waals surface area contributed by atoms with Gasteiger partial charge in [0.2, 0.25) is 5.60 Å². The molecule has 28 heavy (non-hydrogen) atoms. The molecule has 0 saturated carbocycles. The quantitative estimate of drug-likeness (QED) is 0.603. The SMILES string of the molecule is FC1(c2ccc(C3=COC(c4cc(Cl)cc(Cl)c4)(C(F)(F)F)C3)cc2)CNC1. The first-order valence-electron chi connectivity index (χ1n) is 8.54. The Hall–Kier alpha value is -1.76. The average Bonchev–Trinajstić information content (AvgIpc) is 3.06. The maximum atomic E-state index is 14.4. The van der Waals surface area contributed by atoms with Crippen LogP contribution in [0.15, 0.2) is 48.7 Å². The first-order valence-corrected chi connectivity index (χ1v) is 9.29. The average molecular weight is 432 g/mol. The summed E-state index contributed by atoms with van der Waals surface area (Å²) in [6.45, 7) is 0.454. The highest BCUT2D eigenvalue weighted by molar-refractivity contribution is 6.34. The Morgan fingerprint density at radius 2 is 1.54 bits per heavy atom. The van der Waals surface area contributed by atoms with Gasteiger partial charge in [0, 0.05) is 35.1 Å². The van der Waals surface area contributed by atoms with Crippen LogP contribution in [0.4, 0.5) is 17.6 Å². The number of rotatable bonds is 3. The van der Waals surface area contributed by atoms with Crippen molar-refractivity contribution in [2.45, 2.75) is 23.9 Å². The lowest BCUT2D eigenvalue weighted by atomic mass is 9.85. The number of hydrogen-bond acceptors (Lipinski definition) is 2. The van der Waals surface area contributed by atoms with Crippen LogP contribution in [0.3, 0.4) is 0 Å². The van der Waals surface area contributed by atoms with Crippen LogP contribution in [0.1, 0.15) is 23.1 Å². The van der Waals surface area contributed by atoms with Crippen LogP contribution < -0.4 is 5.32 Å². The van der Waals surface area contributed by atoms with Gasteiger partial charge in [0.15, 0.2) is 5.67 Å². The van der Waals surface area contributed by atoms with Gasteiger partial charge in [-0.15, -0.1) is 0 Å². The van der Waals surface area contributed by atoms with Crippen molar-refractivity contribution in [1.82, 2.24) is 5.32 Å². The molecule has 0 radical (unpaired) electrons. The summed E-state index contributed by atoms with van der Waals surface area (Å²) in [7, 11) is 0. The molecule has 8 heteroatoms. The predicted octanol–water partition coefficient (Wildman–Crippen LogP) is 5.98. The molecule has 0 aromatic heterocycles. The van der Waals surface area contributed by atoms with E-state index in [1.807, 2.05) is 0 Å². The Kier molecular flexibility index (Phi) is 4.64. The Bertz CT molecular complexity index is 918. The van der Waals surface area contributed by atoms with Crippen molar-refractivity contribution in [2.24, 2.45) is 0 Å². The van der Waals surface area contributed by atoms with Gasteiger partial charge in [-0.05, 0) is 34.9 Å². The van der Waals surface area contributed by atoms with Gasteiger partial charge in [-0.25, -0.2) is 4.39 Å². The highest BCUT2D eigenvalue weighted by atomic mass is 35.5. The summed E-state index contributed by atoms with van der Waals surface area (Å²) in [5, 5.41) is 3.06. The van der Waals surface area contributed by atoms with Crippen molar-refractivity contribution in [1.29, 1.82) is 0 Å². The second-order valence-electron chi connectivity index (χ2n) is 7.07. The fraction of sp³-hybridized carbons (Fsp3) is 0.300. The number of hydrogen-bond donors (Lipinski definition) is 1. The standard InChI is InChI=1S/C20H15Cl2F4NO/c21-16-5-15(6-17(22)7-16)19(20(24,25)26)8-13(9-28-19)12-1-3-14(4-2-12)18(23)10-27-11-18/h1-7,9,27H,8,10-11H2. The van der Waals surface area contributed by atoms with Crippen molar-refractivity contribution >= 4 is 28.8 Å². The van der Waals surface area contributed by atoms with E-state index < -0.39 is 23.9 Å². The molecule has 1 saturated heterocycles. The summed E-state index contributed by atoms with van der Waals surface area (Å²) in [6.07, 6.45) is -4.03. The minimum absolute atomic E-state index is 0.0925. The lowest BCUT2D eigenvalue weighted by Crippen LogP contribution is -2.53. The number of halogens is 6. The van der Waals surface area contributed by atoms with Crippen molar-refractivity contribution in [3.05, 3.63) is 75.5 Å². The minimum atomic E-state index is -4.69. The van der Waals surface area contributed by atoms with Crippen LogP contribution in [0.2, 0.25) is 10.0 Å². The van der Waals surface area contributed by atoms with E-state index in [0.717, 1.165) is 6.26 Å². The molecule has 2 aromatic rings. The normalized spacial score (nSPS) is 23.7. The molecule has 1 unspecified atom stereocenters. The Labute approximate surface area is 169 Å². The van der Waals surface area contributed by atoms with Crippen molar-refractivity contribution in [2.75, 3.05) is 13.1 Å². The van der Waals surface area contributed by atoms with E-state index in [1.165, 1.54) is 18.2 Å². The summed E-state index contributed by atoms with van der Waals surface area (Å²) in [6, 6.07) is 10.2. The van der Waals surface area contributed by atoms with Gasteiger partial charge in [0.1, 0.15) is 0 Å².